The zero-order valence-electron chi connectivity index (χ0n) is 10.0. The van der Waals surface area contributed by atoms with E-state index in [0.717, 1.165) is 42.5 Å². The monoisotopic (exact) mass is 262 g/mol. The van der Waals surface area contributed by atoms with Crippen molar-refractivity contribution in [2.75, 3.05) is 13.1 Å². The minimum absolute atomic E-state index is 0.320. The third-order valence-corrected chi connectivity index (χ3v) is 3.58. The van der Waals surface area contributed by atoms with Crippen molar-refractivity contribution < 1.29 is 4.74 Å². The maximum Gasteiger partial charge on any atom is 0.136 e. The highest BCUT2D eigenvalue weighted by atomic mass is 35.5. The molecule has 0 aliphatic carbocycles. The highest BCUT2D eigenvalue weighted by molar-refractivity contribution is 6.34. The number of fused-ring (bicyclic) bond motifs is 1. The van der Waals surface area contributed by atoms with E-state index >= 15 is 0 Å². The molecule has 0 saturated carbocycles. The Morgan fingerprint density at radius 2 is 2.06 bits per heavy atom. The molecular weight excluding hydrogens is 248 g/mol. The quantitative estimate of drug-likeness (QED) is 0.845. The summed E-state index contributed by atoms with van der Waals surface area (Å²) in [7, 11) is 0. The van der Waals surface area contributed by atoms with Gasteiger partial charge in [-0.3, -0.25) is 0 Å². The Balaban J connectivity index is 1.84. The lowest BCUT2D eigenvalue weighted by Gasteiger charge is -2.23. The molecule has 1 aliphatic heterocycles. The number of hydrogen-bond donors (Lipinski definition) is 1. The second-order valence-electron chi connectivity index (χ2n) is 4.55. The molecule has 1 aromatic carbocycles. The van der Waals surface area contributed by atoms with Crippen molar-refractivity contribution >= 4 is 22.4 Å². The third kappa shape index (κ3) is 2.42. The molecule has 2 heterocycles. The first-order chi connectivity index (χ1) is 8.83. The average Bonchev–Trinajstić information content (AvgIpc) is 2.40. The van der Waals surface area contributed by atoms with Gasteiger partial charge in [-0.25, -0.2) is 4.98 Å². The predicted molar refractivity (Wildman–Crippen MR) is 73.3 cm³/mol. The van der Waals surface area contributed by atoms with Gasteiger partial charge in [0.05, 0.1) is 0 Å². The van der Waals surface area contributed by atoms with Crippen molar-refractivity contribution in [2.24, 2.45) is 0 Å². The van der Waals surface area contributed by atoms with Crippen LogP contribution in [-0.4, -0.2) is 24.2 Å². The van der Waals surface area contributed by atoms with Gasteiger partial charge in [-0.05, 0) is 55.6 Å². The highest BCUT2D eigenvalue weighted by Crippen LogP contribution is 2.26. The standard InChI is InChI=1S/C14H15ClN2O/c15-14-13-2-1-12(9-10(13)3-8-17-14)18-11-4-6-16-7-5-11/h1-3,8-9,11,16H,4-7H2. The minimum atomic E-state index is 0.320. The molecule has 1 fully saturated rings. The molecule has 1 saturated heterocycles. The van der Waals surface area contributed by atoms with Gasteiger partial charge in [0.25, 0.3) is 0 Å². The topological polar surface area (TPSA) is 34.1 Å². The molecule has 0 amide bonds. The first-order valence-electron chi connectivity index (χ1n) is 6.24. The zero-order chi connectivity index (χ0) is 12.4. The highest BCUT2D eigenvalue weighted by Gasteiger charge is 2.14. The van der Waals surface area contributed by atoms with E-state index in [-0.39, 0.29) is 0 Å². The van der Waals surface area contributed by atoms with Crippen LogP contribution < -0.4 is 10.1 Å². The van der Waals surface area contributed by atoms with Crippen LogP contribution in [0.2, 0.25) is 5.15 Å². The lowest BCUT2D eigenvalue weighted by molar-refractivity contribution is 0.162. The molecule has 3 nitrogen and oxygen atoms in total. The number of nitrogens with zero attached hydrogens (tertiary/aromatic N) is 1. The van der Waals surface area contributed by atoms with Gasteiger partial charge in [0, 0.05) is 11.6 Å². The van der Waals surface area contributed by atoms with Crippen LogP contribution in [0, 0.1) is 0 Å². The van der Waals surface area contributed by atoms with Crippen LogP contribution in [0.15, 0.2) is 30.5 Å². The van der Waals surface area contributed by atoms with Crippen LogP contribution in [-0.2, 0) is 0 Å². The number of rotatable bonds is 2. The summed E-state index contributed by atoms with van der Waals surface area (Å²) in [6, 6.07) is 7.93. The molecule has 1 N–H and O–H groups in total. The van der Waals surface area contributed by atoms with Crippen molar-refractivity contribution in [3.8, 4) is 5.75 Å². The van der Waals surface area contributed by atoms with Gasteiger partial charge in [-0.2, -0.15) is 0 Å². The van der Waals surface area contributed by atoms with Crippen molar-refractivity contribution in [3.63, 3.8) is 0 Å². The van der Waals surface area contributed by atoms with E-state index < -0.39 is 0 Å². The molecule has 0 spiro atoms. The summed E-state index contributed by atoms with van der Waals surface area (Å²) in [5, 5.41) is 5.91. The summed E-state index contributed by atoms with van der Waals surface area (Å²) in [6.45, 7) is 2.07. The molecule has 1 aromatic heterocycles. The largest absolute Gasteiger partial charge is 0.490 e. The maximum atomic E-state index is 6.04. The fourth-order valence-corrected chi connectivity index (χ4v) is 2.53. The Morgan fingerprint density at radius 1 is 1.22 bits per heavy atom. The molecule has 0 radical (unpaired) electrons. The van der Waals surface area contributed by atoms with Crippen molar-refractivity contribution in [1.82, 2.24) is 10.3 Å². The van der Waals surface area contributed by atoms with E-state index in [0.29, 0.717) is 11.3 Å². The first kappa shape index (κ1) is 11.8. The number of hydrogen-bond acceptors (Lipinski definition) is 3. The van der Waals surface area contributed by atoms with Crippen LogP contribution in [0.5, 0.6) is 5.75 Å². The smallest absolute Gasteiger partial charge is 0.136 e. The normalized spacial score (nSPS) is 16.9. The summed E-state index contributed by atoms with van der Waals surface area (Å²) in [5.41, 5.74) is 0. The van der Waals surface area contributed by atoms with E-state index in [1.807, 2.05) is 24.3 Å². The van der Waals surface area contributed by atoms with E-state index in [1.54, 1.807) is 6.20 Å². The van der Waals surface area contributed by atoms with Gasteiger partial charge in [0.2, 0.25) is 0 Å². The molecular formula is C14H15ClN2O. The summed E-state index contributed by atoms with van der Waals surface area (Å²) in [4.78, 5) is 4.07. The second kappa shape index (κ2) is 5.12. The van der Waals surface area contributed by atoms with Crippen LogP contribution in [0.3, 0.4) is 0 Å². The second-order valence-corrected chi connectivity index (χ2v) is 4.91. The van der Waals surface area contributed by atoms with E-state index in [4.69, 9.17) is 16.3 Å². The van der Waals surface area contributed by atoms with Crippen molar-refractivity contribution in [1.29, 1.82) is 0 Å². The first-order valence-corrected chi connectivity index (χ1v) is 6.62. The fraction of sp³-hybridized carbons (Fsp3) is 0.357. The molecule has 3 rings (SSSR count). The Morgan fingerprint density at radius 3 is 2.89 bits per heavy atom. The number of ether oxygens (including phenoxy) is 1. The van der Waals surface area contributed by atoms with Crippen LogP contribution in [0.4, 0.5) is 0 Å². The van der Waals surface area contributed by atoms with Crippen LogP contribution in [0.1, 0.15) is 12.8 Å². The number of pyridine rings is 1. The number of halogens is 1. The molecule has 4 heteroatoms. The average molecular weight is 263 g/mol. The predicted octanol–water partition coefficient (Wildman–Crippen LogP) is 3.02. The Labute approximate surface area is 111 Å². The number of benzene rings is 1. The molecule has 0 atom stereocenters. The van der Waals surface area contributed by atoms with Crippen molar-refractivity contribution in [2.45, 2.75) is 18.9 Å². The maximum absolute atomic E-state index is 6.04. The van der Waals surface area contributed by atoms with Gasteiger partial charge in [0.1, 0.15) is 17.0 Å². The Bertz CT molecular complexity index is 552. The number of aromatic nitrogens is 1. The summed E-state index contributed by atoms with van der Waals surface area (Å²) < 4.78 is 6.00. The number of piperidine rings is 1. The van der Waals surface area contributed by atoms with Gasteiger partial charge in [0.15, 0.2) is 0 Å². The molecule has 1 aliphatic rings. The minimum Gasteiger partial charge on any atom is -0.490 e. The molecule has 18 heavy (non-hydrogen) atoms. The molecule has 0 bridgehead atoms. The third-order valence-electron chi connectivity index (χ3n) is 3.28. The van der Waals surface area contributed by atoms with Crippen LogP contribution in [0.25, 0.3) is 10.8 Å². The fourth-order valence-electron chi connectivity index (χ4n) is 2.30. The lowest BCUT2D eigenvalue weighted by atomic mass is 10.1. The van der Waals surface area contributed by atoms with Crippen LogP contribution >= 0.6 is 11.6 Å². The molecule has 2 aromatic rings. The SMILES string of the molecule is Clc1nccc2cc(OC3CCNCC3)ccc12. The van der Waals surface area contributed by atoms with Crippen molar-refractivity contribution in [3.05, 3.63) is 35.6 Å². The Hall–Kier alpha value is -1.32. The van der Waals surface area contributed by atoms with E-state index in [9.17, 15) is 0 Å². The molecule has 0 unspecified atom stereocenters. The summed E-state index contributed by atoms with van der Waals surface area (Å²) in [5.74, 6) is 0.914. The lowest BCUT2D eigenvalue weighted by Crippen LogP contribution is -2.34. The van der Waals surface area contributed by atoms with Gasteiger partial charge < -0.3 is 10.1 Å². The van der Waals surface area contributed by atoms with Gasteiger partial charge in [-0.15, -0.1) is 0 Å². The van der Waals surface area contributed by atoms with E-state index in [2.05, 4.69) is 10.3 Å². The molecule has 94 valence electrons. The number of nitrogens with one attached hydrogen (secondary N) is 1. The van der Waals surface area contributed by atoms with Gasteiger partial charge >= 0.3 is 0 Å². The Kier molecular flexibility index (Phi) is 3.35. The summed E-state index contributed by atoms with van der Waals surface area (Å²) in [6.07, 6.45) is 4.17. The zero-order valence-corrected chi connectivity index (χ0v) is 10.8. The van der Waals surface area contributed by atoms with Gasteiger partial charge in [-0.1, -0.05) is 11.6 Å². The summed E-state index contributed by atoms with van der Waals surface area (Å²) >= 11 is 6.04. The van der Waals surface area contributed by atoms with E-state index in [1.165, 1.54) is 0 Å².